The molecule has 0 radical (unpaired) electrons. The Morgan fingerprint density at radius 3 is 2.67 bits per heavy atom. The zero-order valence-electron chi connectivity index (χ0n) is 11.6. The molecule has 108 valence electrons. The normalized spacial score (nSPS) is 10.8. The summed E-state index contributed by atoms with van der Waals surface area (Å²) in [6.45, 7) is -0.0536. The quantitative estimate of drug-likeness (QED) is 0.672. The monoisotopic (exact) mass is 287 g/mol. The van der Waals surface area contributed by atoms with E-state index in [1.54, 1.807) is 25.5 Å². The number of furan rings is 1. The second-order valence-electron chi connectivity index (χ2n) is 4.26. The summed E-state index contributed by atoms with van der Waals surface area (Å²) < 4.78 is 21.5. The van der Waals surface area contributed by atoms with E-state index in [0.717, 1.165) is 10.8 Å². The Morgan fingerprint density at radius 1 is 1.14 bits per heavy atom. The van der Waals surface area contributed by atoms with E-state index < -0.39 is 0 Å². The molecule has 0 bridgehead atoms. The van der Waals surface area contributed by atoms with Gasteiger partial charge in [0.25, 0.3) is 0 Å². The number of hydrogen-bond acceptors (Lipinski definition) is 6. The van der Waals surface area contributed by atoms with Gasteiger partial charge in [0, 0.05) is 5.39 Å². The molecular weight excluding hydrogens is 274 g/mol. The number of aldehydes is 1. The summed E-state index contributed by atoms with van der Waals surface area (Å²) in [5, 5.41) is 1.57. The fourth-order valence-corrected chi connectivity index (χ4v) is 2.31. The van der Waals surface area contributed by atoms with E-state index in [2.05, 4.69) is 4.98 Å². The van der Waals surface area contributed by atoms with E-state index in [1.807, 2.05) is 6.07 Å². The highest BCUT2D eigenvalue weighted by Crippen LogP contribution is 2.41. The van der Waals surface area contributed by atoms with Gasteiger partial charge in [-0.1, -0.05) is 0 Å². The third-order valence-electron chi connectivity index (χ3n) is 3.16. The number of carbonyl (C=O) groups is 1. The van der Waals surface area contributed by atoms with Gasteiger partial charge in [0.15, 0.2) is 17.8 Å². The first-order valence-corrected chi connectivity index (χ1v) is 6.28. The maximum atomic E-state index is 10.5. The Bertz CT molecular complexity index is 809. The summed E-state index contributed by atoms with van der Waals surface area (Å²) in [4.78, 5) is 14.9. The summed E-state index contributed by atoms with van der Waals surface area (Å²) >= 11 is 0. The number of methoxy groups -OCH3 is 2. The number of nitrogens with zero attached hydrogens (tertiary/aromatic N) is 1. The highest BCUT2D eigenvalue weighted by atomic mass is 16.5. The Labute approximate surface area is 120 Å². The van der Waals surface area contributed by atoms with Crippen molar-refractivity contribution in [3.05, 3.63) is 24.5 Å². The minimum absolute atomic E-state index is 0.0536. The average Bonchev–Trinajstić information content (AvgIpc) is 2.97. The van der Waals surface area contributed by atoms with Crippen LogP contribution in [0.3, 0.4) is 0 Å². The molecule has 6 heteroatoms. The molecule has 0 saturated carbocycles. The van der Waals surface area contributed by atoms with E-state index in [9.17, 15) is 4.79 Å². The predicted octanol–water partition coefficient (Wildman–Crippen LogP) is 2.58. The highest BCUT2D eigenvalue weighted by molar-refractivity contribution is 6.02. The van der Waals surface area contributed by atoms with E-state index in [0.29, 0.717) is 34.8 Å². The number of fused-ring (bicyclic) bond motifs is 2. The summed E-state index contributed by atoms with van der Waals surface area (Å²) in [6.07, 6.45) is 2.22. The zero-order valence-corrected chi connectivity index (χ0v) is 11.6. The summed E-state index contributed by atoms with van der Waals surface area (Å²) in [6, 6.07) is 5.33. The van der Waals surface area contributed by atoms with Crippen LogP contribution >= 0.6 is 0 Å². The van der Waals surface area contributed by atoms with Crippen molar-refractivity contribution in [2.75, 3.05) is 20.8 Å². The number of rotatable bonds is 5. The molecule has 0 saturated heterocycles. The third kappa shape index (κ3) is 2.05. The lowest BCUT2D eigenvalue weighted by molar-refractivity contribution is -0.109. The summed E-state index contributed by atoms with van der Waals surface area (Å²) in [5.41, 5.74) is 1.00. The molecule has 3 rings (SSSR count). The van der Waals surface area contributed by atoms with Crippen LogP contribution in [0.4, 0.5) is 0 Å². The molecule has 1 aromatic carbocycles. The molecule has 2 aromatic heterocycles. The van der Waals surface area contributed by atoms with Crippen LogP contribution in [0, 0.1) is 0 Å². The molecule has 0 atom stereocenters. The van der Waals surface area contributed by atoms with E-state index in [-0.39, 0.29) is 6.61 Å². The maximum absolute atomic E-state index is 10.5. The zero-order chi connectivity index (χ0) is 14.8. The number of benzene rings is 1. The number of carbonyl (C=O) groups excluding carboxylic acids is 1. The van der Waals surface area contributed by atoms with E-state index in [1.165, 1.54) is 7.11 Å². The minimum Gasteiger partial charge on any atom is -0.495 e. The average molecular weight is 287 g/mol. The lowest BCUT2D eigenvalue weighted by Crippen LogP contribution is -2.01. The van der Waals surface area contributed by atoms with Gasteiger partial charge in [0.1, 0.15) is 17.9 Å². The van der Waals surface area contributed by atoms with Crippen molar-refractivity contribution in [3.8, 4) is 17.2 Å². The van der Waals surface area contributed by atoms with Gasteiger partial charge < -0.3 is 18.6 Å². The Balaban J connectivity index is 2.33. The first-order valence-electron chi connectivity index (χ1n) is 6.28. The van der Waals surface area contributed by atoms with Crippen molar-refractivity contribution in [2.45, 2.75) is 0 Å². The van der Waals surface area contributed by atoms with Gasteiger partial charge in [-0.2, -0.15) is 0 Å². The molecule has 3 aromatic rings. The summed E-state index contributed by atoms with van der Waals surface area (Å²) in [7, 11) is 3.10. The molecule has 0 spiro atoms. The van der Waals surface area contributed by atoms with Crippen LogP contribution in [0.15, 0.2) is 28.9 Å². The van der Waals surface area contributed by atoms with Crippen molar-refractivity contribution in [1.82, 2.24) is 4.98 Å². The molecule has 21 heavy (non-hydrogen) atoms. The fourth-order valence-electron chi connectivity index (χ4n) is 2.31. The molecule has 0 amide bonds. The molecular formula is C15H13NO5. The number of aromatic nitrogens is 1. The standard InChI is InChI=1S/C15H13NO5/c1-18-13-9-3-4-11(20-8-6-17)14(19-2)12(9)16-15-10(13)5-7-21-15/h3-7H,8H2,1-2H3. The molecule has 2 heterocycles. The van der Waals surface area contributed by atoms with Crippen molar-refractivity contribution in [3.63, 3.8) is 0 Å². The van der Waals surface area contributed by atoms with Crippen LogP contribution in [0.5, 0.6) is 17.2 Å². The molecule has 0 N–H and O–H groups in total. The summed E-state index contributed by atoms with van der Waals surface area (Å²) in [5.74, 6) is 1.53. The SMILES string of the molecule is COc1c2ccoc2nc2c(OC)c(OCC=O)ccc12. The molecule has 0 aliphatic rings. The number of hydrogen-bond donors (Lipinski definition) is 0. The Kier molecular flexibility index (Phi) is 3.35. The number of ether oxygens (including phenoxy) is 3. The van der Waals surface area contributed by atoms with Crippen molar-refractivity contribution in [1.29, 1.82) is 0 Å². The van der Waals surface area contributed by atoms with Crippen LogP contribution in [0.1, 0.15) is 0 Å². The van der Waals surface area contributed by atoms with Gasteiger partial charge >= 0.3 is 0 Å². The van der Waals surface area contributed by atoms with Gasteiger partial charge in [0.2, 0.25) is 5.71 Å². The van der Waals surface area contributed by atoms with Crippen LogP contribution in [-0.4, -0.2) is 32.1 Å². The maximum Gasteiger partial charge on any atom is 0.230 e. The van der Waals surface area contributed by atoms with Gasteiger partial charge in [0.05, 0.1) is 25.9 Å². The Morgan fingerprint density at radius 2 is 1.95 bits per heavy atom. The van der Waals surface area contributed by atoms with Crippen LogP contribution < -0.4 is 14.2 Å². The first-order chi connectivity index (χ1) is 10.3. The molecule has 0 aliphatic carbocycles. The second-order valence-corrected chi connectivity index (χ2v) is 4.26. The predicted molar refractivity (Wildman–Crippen MR) is 76.2 cm³/mol. The lowest BCUT2D eigenvalue weighted by atomic mass is 10.1. The lowest BCUT2D eigenvalue weighted by Gasteiger charge is -2.13. The van der Waals surface area contributed by atoms with Crippen LogP contribution in [0.2, 0.25) is 0 Å². The molecule has 6 nitrogen and oxygen atoms in total. The smallest absolute Gasteiger partial charge is 0.230 e. The van der Waals surface area contributed by atoms with Crippen molar-refractivity contribution in [2.24, 2.45) is 0 Å². The van der Waals surface area contributed by atoms with E-state index in [4.69, 9.17) is 18.6 Å². The topological polar surface area (TPSA) is 70.8 Å². The first kappa shape index (κ1) is 13.2. The van der Waals surface area contributed by atoms with E-state index >= 15 is 0 Å². The van der Waals surface area contributed by atoms with Gasteiger partial charge in [-0.25, -0.2) is 4.98 Å². The number of pyridine rings is 1. The van der Waals surface area contributed by atoms with Crippen LogP contribution in [0.25, 0.3) is 22.0 Å². The second kappa shape index (κ2) is 5.32. The Hall–Kier alpha value is -2.76. The molecule has 0 unspecified atom stereocenters. The van der Waals surface area contributed by atoms with Gasteiger partial charge in [-0.05, 0) is 18.2 Å². The van der Waals surface area contributed by atoms with Crippen LogP contribution in [-0.2, 0) is 4.79 Å². The fraction of sp³-hybridized carbons (Fsp3) is 0.200. The van der Waals surface area contributed by atoms with Gasteiger partial charge in [-0.3, -0.25) is 4.79 Å². The highest BCUT2D eigenvalue weighted by Gasteiger charge is 2.18. The van der Waals surface area contributed by atoms with Gasteiger partial charge in [-0.15, -0.1) is 0 Å². The minimum atomic E-state index is -0.0536. The van der Waals surface area contributed by atoms with Crippen molar-refractivity contribution >= 4 is 28.3 Å². The molecule has 0 aliphatic heterocycles. The molecule has 0 fully saturated rings. The van der Waals surface area contributed by atoms with Crippen molar-refractivity contribution < 1.29 is 23.4 Å². The largest absolute Gasteiger partial charge is 0.495 e. The third-order valence-corrected chi connectivity index (χ3v) is 3.16.